The fourth-order valence-electron chi connectivity index (χ4n) is 3.00. The Balaban J connectivity index is 1.46. The number of hydrogen-bond donors (Lipinski definition) is 1. The van der Waals surface area contributed by atoms with E-state index in [2.05, 4.69) is 24.9 Å². The van der Waals surface area contributed by atoms with Gasteiger partial charge in [-0.25, -0.2) is 24.9 Å². The average Bonchev–Trinajstić information content (AvgIpc) is 3.42. The second-order valence-corrected chi connectivity index (χ2v) is 6.99. The normalized spacial score (nSPS) is 11.7. The molecule has 0 radical (unpaired) electrons. The van der Waals surface area contributed by atoms with Crippen LogP contribution in [0.4, 0.5) is 0 Å². The number of oxazole rings is 1. The summed E-state index contributed by atoms with van der Waals surface area (Å²) < 4.78 is 5.29. The third kappa shape index (κ3) is 2.31. The zero-order chi connectivity index (χ0) is 17.8. The Morgan fingerprint density at radius 2 is 1.67 bits per heavy atom. The van der Waals surface area contributed by atoms with Crippen molar-refractivity contribution < 1.29 is 4.42 Å². The predicted molar refractivity (Wildman–Crippen MR) is 103 cm³/mol. The molecule has 27 heavy (non-hydrogen) atoms. The maximum Gasteiger partial charge on any atom is 0.247 e. The van der Waals surface area contributed by atoms with Crippen LogP contribution < -0.4 is 0 Å². The molecule has 0 aliphatic carbocycles. The van der Waals surface area contributed by atoms with Crippen molar-refractivity contribution in [2.75, 3.05) is 0 Å². The maximum atomic E-state index is 5.29. The number of nitrogens with one attached hydrogen (secondary N) is 1. The van der Waals surface area contributed by atoms with Crippen molar-refractivity contribution in [1.82, 2.24) is 29.9 Å². The van der Waals surface area contributed by atoms with E-state index in [1.807, 2.05) is 48.5 Å². The molecule has 0 saturated carbocycles. The topological polar surface area (TPSA) is 93.4 Å². The summed E-state index contributed by atoms with van der Waals surface area (Å²) in [4.78, 5) is 26.7. The molecule has 128 valence electrons. The lowest BCUT2D eigenvalue weighted by Gasteiger charge is -1.94. The van der Waals surface area contributed by atoms with Gasteiger partial charge in [-0.1, -0.05) is 23.5 Å². The molecule has 6 aromatic rings. The highest BCUT2D eigenvalue weighted by atomic mass is 32.1. The quantitative estimate of drug-likeness (QED) is 0.484. The van der Waals surface area contributed by atoms with Crippen LogP contribution in [0.25, 0.3) is 54.8 Å². The molecular weight excluding hydrogens is 360 g/mol. The van der Waals surface area contributed by atoms with Gasteiger partial charge in [0.15, 0.2) is 12.2 Å². The second-order valence-electron chi connectivity index (χ2n) is 6.02. The molecule has 5 aromatic heterocycles. The minimum absolute atomic E-state index is 0.502. The Morgan fingerprint density at radius 3 is 2.63 bits per heavy atom. The van der Waals surface area contributed by atoms with Gasteiger partial charge in [0, 0.05) is 0 Å². The van der Waals surface area contributed by atoms with E-state index in [1.165, 1.54) is 17.7 Å². The number of imidazole rings is 1. The smallest absolute Gasteiger partial charge is 0.247 e. The SMILES string of the molecule is c1ccc2[nH]c(-c3ccc4nc(-c5ccc6ncoc6n5)sc4n3)nc2c1. The summed E-state index contributed by atoms with van der Waals surface area (Å²) in [6.07, 6.45) is 1.39. The van der Waals surface area contributed by atoms with Gasteiger partial charge in [0.25, 0.3) is 0 Å². The standard InChI is InChI=1S/C19H10N6OS/c1-2-4-11-10(3-1)21-16(22-11)12-5-7-15-19(24-12)27-18(25-15)14-8-6-13-17(23-14)26-9-20-13/h1-9H,(H,21,22). The van der Waals surface area contributed by atoms with E-state index < -0.39 is 0 Å². The van der Waals surface area contributed by atoms with Crippen LogP contribution in [0.15, 0.2) is 59.3 Å². The molecule has 0 atom stereocenters. The van der Waals surface area contributed by atoms with Crippen LogP contribution >= 0.6 is 11.3 Å². The van der Waals surface area contributed by atoms with Crippen molar-refractivity contribution >= 4 is 43.9 Å². The molecule has 5 heterocycles. The van der Waals surface area contributed by atoms with Gasteiger partial charge < -0.3 is 9.40 Å². The maximum absolute atomic E-state index is 5.29. The second kappa shape index (κ2) is 5.42. The molecule has 0 saturated heterocycles. The number of pyridine rings is 2. The molecule has 1 aromatic carbocycles. The largest absolute Gasteiger partial charge is 0.425 e. The highest BCUT2D eigenvalue weighted by molar-refractivity contribution is 7.21. The van der Waals surface area contributed by atoms with Gasteiger partial charge in [0.1, 0.15) is 32.3 Å². The average molecular weight is 370 g/mol. The number of hydrogen-bond acceptors (Lipinski definition) is 7. The molecule has 0 aliphatic heterocycles. The Kier molecular flexibility index (Phi) is 2.91. The number of aromatic amines is 1. The van der Waals surface area contributed by atoms with Crippen LogP contribution in [0.3, 0.4) is 0 Å². The Labute approximate surface area is 155 Å². The summed E-state index contributed by atoms with van der Waals surface area (Å²) in [5.41, 5.74) is 5.50. The number of para-hydroxylation sites is 2. The number of nitrogens with zero attached hydrogens (tertiary/aromatic N) is 5. The van der Waals surface area contributed by atoms with E-state index in [4.69, 9.17) is 9.40 Å². The number of thiazole rings is 1. The fourth-order valence-corrected chi connectivity index (χ4v) is 3.91. The highest BCUT2D eigenvalue weighted by Crippen LogP contribution is 2.30. The summed E-state index contributed by atoms with van der Waals surface area (Å²) in [5.74, 6) is 0.745. The minimum atomic E-state index is 0.502. The summed E-state index contributed by atoms with van der Waals surface area (Å²) >= 11 is 1.49. The molecule has 1 N–H and O–H groups in total. The molecule has 0 amide bonds. The van der Waals surface area contributed by atoms with E-state index in [1.54, 1.807) is 0 Å². The van der Waals surface area contributed by atoms with Crippen LogP contribution in [-0.4, -0.2) is 29.9 Å². The van der Waals surface area contributed by atoms with Crippen molar-refractivity contribution in [2.24, 2.45) is 0 Å². The molecule has 0 fully saturated rings. The zero-order valence-electron chi connectivity index (χ0n) is 13.7. The van der Waals surface area contributed by atoms with Crippen molar-refractivity contribution in [3.05, 3.63) is 54.9 Å². The van der Waals surface area contributed by atoms with Gasteiger partial charge in [-0.15, -0.1) is 0 Å². The van der Waals surface area contributed by atoms with E-state index in [0.29, 0.717) is 5.71 Å². The van der Waals surface area contributed by atoms with E-state index in [-0.39, 0.29) is 0 Å². The summed E-state index contributed by atoms with van der Waals surface area (Å²) in [6.45, 7) is 0. The molecule has 7 nitrogen and oxygen atoms in total. The number of H-pyrrole nitrogens is 1. The van der Waals surface area contributed by atoms with E-state index >= 15 is 0 Å². The summed E-state index contributed by atoms with van der Waals surface area (Å²) in [5, 5.41) is 0.789. The Hall–Kier alpha value is -3.65. The van der Waals surface area contributed by atoms with Crippen molar-refractivity contribution in [3.63, 3.8) is 0 Å². The molecular formula is C19H10N6OS. The first-order valence-corrected chi connectivity index (χ1v) is 9.08. The lowest BCUT2D eigenvalue weighted by molar-refractivity contribution is 0.591. The predicted octanol–water partition coefficient (Wildman–Crippen LogP) is 4.44. The van der Waals surface area contributed by atoms with Gasteiger partial charge in [0.05, 0.1) is 11.0 Å². The first-order valence-electron chi connectivity index (χ1n) is 8.27. The number of rotatable bonds is 2. The monoisotopic (exact) mass is 370 g/mol. The van der Waals surface area contributed by atoms with Crippen LogP contribution in [0.5, 0.6) is 0 Å². The molecule has 8 heteroatoms. The van der Waals surface area contributed by atoms with Crippen molar-refractivity contribution in [1.29, 1.82) is 0 Å². The third-order valence-corrected chi connectivity index (χ3v) is 5.29. The van der Waals surface area contributed by atoms with E-state index in [0.717, 1.165) is 49.1 Å². The summed E-state index contributed by atoms with van der Waals surface area (Å²) in [6, 6.07) is 15.6. The Morgan fingerprint density at radius 1 is 0.778 bits per heavy atom. The van der Waals surface area contributed by atoms with Gasteiger partial charge in [-0.3, -0.25) is 0 Å². The summed E-state index contributed by atoms with van der Waals surface area (Å²) in [7, 11) is 0. The van der Waals surface area contributed by atoms with Crippen LogP contribution in [-0.2, 0) is 0 Å². The molecule has 0 aliphatic rings. The fraction of sp³-hybridized carbons (Fsp3) is 0. The Bertz CT molecular complexity index is 1410. The zero-order valence-corrected chi connectivity index (χ0v) is 14.6. The molecule has 6 rings (SSSR count). The van der Waals surface area contributed by atoms with Crippen LogP contribution in [0.1, 0.15) is 0 Å². The first-order chi connectivity index (χ1) is 13.3. The number of aromatic nitrogens is 6. The van der Waals surface area contributed by atoms with Crippen LogP contribution in [0.2, 0.25) is 0 Å². The number of fused-ring (bicyclic) bond motifs is 3. The van der Waals surface area contributed by atoms with E-state index in [9.17, 15) is 0 Å². The van der Waals surface area contributed by atoms with Gasteiger partial charge in [-0.2, -0.15) is 0 Å². The molecule has 0 bridgehead atoms. The third-order valence-electron chi connectivity index (χ3n) is 4.30. The van der Waals surface area contributed by atoms with Crippen molar-refractivity contribution in [2.45, 2.75) is 0 Å². The lowest BCUT2D eigenvalue weighted by atomic mass is 10.3. The van der Waals surface area contributed by atoms with Gasteiger partial charge >= 0.3 is 0 Å². The lowest BCUT2D eigenvalue weighted by Crippen LogP contribution is -1.85. The van der Waals surface area contributed by atoms with Crippen molar-refractivity contribution in [3.8, 4) is 22.2 Å². The molecule has 0 spiro atoms. The minimum Gasteiger partial charge on any atom is -0.425 e. The van der Waals surface area contributed by atoms with Gasteiger partial charge in [-0.05, 0) is 36.4 Å². The number of benzene rings is 1. The molecule has 0 unspecified atom stereocenters. The first kappa shape index (κ1) is 14.5. The van der Waals surface area contributed by atoms with Gasteiger partial charge in [0.2, 0.25) is 5.71 Å². The highest BCUT2D eigenvalue weighted by Gasteiger charge is 2.13. The van der Waals surface area contributed by atoms with Crippen LogP contribution in [0, 0.1) is 0 Å².